The van der Waals surface area contributed by atoms with E-state index in [9.17, 15) is 0 Å². The molecule has 8 aromatic rings. The van der Waals surface area contributed by atoms with Crippen LogP contribution in [0, 0.1) is 12.1 Å². The van der Waals surface area contributed by atoms with Gasteiger partial charge in [-0.15, -0.1) is 54.1 Å². The molecule has 0 saturated carbocycles. The summed E-state index contributed by atoms with van der Waals surface area (Å²) in [5, 5.41) is 11.1. The van der Waals surface area contributed by atoms with Crippen molar-refractivity contribution in [3.05, 3.63) is 152 Å². The summed E-state index contributed by atoms with van der Waals surface area (Å²) in [7, 11) is -1.32. The van der Waals surface area contributed by atoms with Crippen LogP contribution in [0.15, 0.2) is 144 Å². The molecule has 3 aromatic heterocycles. The number of para-hydroxylation sites is 1. The number of furan rings is 1. The Labute approximate surface area is 297 Å². The summed E-state index contributed by atoms with van der Waals surface area (Å²) in [6.07, 6.45) is 1.29. The second kappa shape index (κ2) is 14.4. The van der Waals surface area contributed by atoms with Gasteiger partial charge in [-0.25, -0.2) is 0 Å². The monoisotopic (exact) mass is 819 g/mol. The minimum Gasteiger partial charge on any atom is -0.500 e. The zero-order valence-corrected chi connectivity index (χ0v) is 30.0. The van der Waals surface area contributed by atoms with Crippen molar-refractivity contribution in [2.45, 2.75) is 19.6 Å². The summed E-state index contributed by atoms with van der Waals surface area (Å²) in [5.41, 5.74) is 8.31. The molecule has 0 fully saturated rings. The van der Waals surface area contributed by atoms with Gasteiger partial charge in [0.05, 0.1) is 22.6 Å². The Morgan fingerprint density at radius 1 is 0.646 bits per heavy atom. The summed E-state index contributed by atoms with van der Waals surface area (Å²) in [4.78, 5) is 8.34. The summed E-state index contributed by atoms with van der Waals surface area (Å²) < 4.78 is 21.9. The summed E-state index contributed by atoms with van der Waals surface area (Å²) in [5.74, 6) is 0.219. The topological polar surface area (TPSA) is 64.7 Å². The first-order chi connectivity index (χ1) is 23.8. The minimum absolute atomic E-state index is 0. The molecule has 48 heavy (non-hydrogen) atoms. The van der Waals surface area contributed by atoms with E-state index in [1.165, 1.54) is 16.3 Å². The number of pyridine rings is 1. The molecule has 0 amide bonds. The van der Waals surface area contributed by atoms with Crippen LogP contribution in [0.5, 0.6) is 0 Å². The van der Waals surface area contributed by atoms with Gasteiger partial charge in [-0.1, -0.05) is 115 Å². The molecule has 7 heteroatoms. The van der Waals surface area contributed by atoms with E-state index in [1.807, 2.05) is 60.7 Å². The maximum Gasteiger partial charge on any atom is 0.128 e. The van der Waals surface area contributed by atoms with Gasteiger partial charge in [0.15, 0.2) is 0 Å². The molecule has 5 aromatic carbocycles. The van der Waals surface area contributed by atoms with Crippen LogP contribution in [-0.2, 0) is 20.1 Å². The van der Waals surface area contributed by atoms with Gasteiger partial charge in [0, 0.05) is 43.4 Å². The third-order valence-corrected chi connectivity index (χ3v) is 10.1. The molecule has 0 saturated heterocycles. The van der Waals surface area contributed by atoms with Crippen molar-refractivity contribution in [3.8, 4) is 44.9 Å². The van der Waals surface area contributed by atoms with E-state index in [4.69, 9.17) is 7.16 Å². The predicted molar refractivity (Wildman–Crippen MR) is 194 cm³/mol. The molecule has 0 aliphatic heterocycles. The molecule has 0 N–H and O–H groups in total. The maximum atomic E-state index is 7.84. The summed E-state index contributed by atoms with van der Waals surface area (Å²) >= 11 is 0. The molecule has 0 atom stereocenters. The van der Waals surface area contributed by atoms with Crippen molar-refractivity contribution in [1.29, 1.82) is 0 Å². The first-order valence-corrected chi connectivity index (χ1v) is 18.9. The number of aromatic nitrogens is 4. The Bertz CT molecular complexity index is 2340. The first kappa shape index (κ1) is 30.3. The molecule has 0 spiro atoms. The van der Waals surface area contributed by atoms with E-state index in [0.29, 0.717) is 11.1 Å². The van der Waals surface area contributed by atoms with Gasteiger partial charge in [0.1, 0.15) is 11.4 Å². The van der Waals surface area contributed by atoms with Crippen molar-refractivity contribution in [2.75, 3.05) is 0 Å². The third-order valence-electron chi connectivity index (χ3n) is 8.02. The van der Waals surface area contributed by atoms with Crippen molar-refractivity contribution < 1.29 is 27.3 Å². The van der Waals surface area contributed by atoms with E-state index in [1.54, 1.807) is 12.3 Å². The molecule has 237 valence electrons. The molecule has 0 unspecified atom stereocenters. The van der Waals surface area contributed by atoms with Gasteiger partial charge >= 0.3 is 0 Å². The average molecular weight is 819 g/mol. The van der Waals surface area contributed by atoms with Crippen LogP contribution in [0.4, 0.5) is 0 Å². The van der Waals surface area contributed by atoms with Crippen LogP contribution >= 0.6 is 0 Å². The van der Waals surface area contributed by atoms with Crippen LogP contribution in [0.3, 0.4) is 0 Å². The van der Waals surface area contributed by atoms with Crippen molar-refractivity contribution in [3.63, 3.8) is 0 Å². The Morgan fingerprint density at radius 2 is 1.38 bits per heavy atom. The van der Waals surface area contributed by atoms with E-state index in [-0.39, 0.29) is 38.3 Å². The molecular weight excluding hydrogens is 785 g/mol. The van der Waals surface area contributed by atoms with Gasteiger partial charge in [-0.05, 0) is 28.5 Å². The van der Waals surface area contributed by atoms with Crippen LogP contribution in [0.2, 0.25) is 19.6 Å². The van der Waals surface area contributed by atoms with Crippen LogP contribution in [0.25, 0.3) is 66.8 Å². The normalized spacial score (nSPS) is 11.6. The third kappa shape index (κ3) is 6.94. The fourth-order valence-corrected chi connectivity index (χ4v) is 6.70. The zero-order valence-electron chi connectivity index (χ0n) is 28.7. The Hall–Kier alpha value is -5.07. The first-order valence-electron chi connectivity index (χ1n) is 16.4. The molecule has 3 heterocycles. The Balaban J connectivity index is 0.000000281. The van der Waals surface area contributed by atoms with Crippen molar-refractivity contribution in [2.24, 2.45) is 0 Å². The minimum atomic E-state index is -1.32. The quantitative estimate of drug-likeness (QED) is 0.128. The van der Waals surface area contributed by atoms with Crippen LogP contribution in [-0.4, -0.2) is 28.2 Å². The van der Waals surface area contributed by atoms with Crippen molar-refractivity contribution in [1.82, 2.24) is 20.2 Å². The Morgan fingerprint density at radius 3 is 2.06 bits per heavy atom. The number of hydrogen-bond donors (Lipinski definition) is 0. The molecular formula is C41H32IrN4OSi-2. The van der Waals surface area contributed by atoms with Crippen molar-refractivity contribution >= 4 is 35.2 Å². The number of hydrogen-bond acceptors (Lipinski definition) is 5. The number of benzene rings is 5. The van der Waals surface area contributed by atoms with Gasteiger partial charge < -0.3 is 9.40 Å². The van der Waals surface area contributed by atoms with E-state index in [0.717, 1.165) is 38.7 Å². The second-order valence-electron chi connectivity index (χ2n) is 12.1. The zero-order chi connectivity index (χ0) is 34.0. The van der Waals surface area contributed by atoms with Gasteiger partial charge in [-0.3, -0.25) is 4.98 Å². The van der Waals surface area contributed by atoms with E-state index in [2.05, 4.69) is 107 Å². The average Bonchev–Trinajstić information content (AvgIpc) is 3.53. The fourth-order valence-electron chi connectivity index (χ4n) is 5.54. The number of fused-ring (bicyclic) bond motifs is 3. The van der Waals surface area contributed by atoms with Crippen LogP contribution < -0.4 is 5.19 Å². The van der Waals surface area contributed by atoms with Crippen LogP contribution in [0.1, 0.15) is 2.74 Å². The van der Waals surface area contributed by atoms with E-state index < -0.39 is 8.07 Å². The molecule has 0 bridgehead atoms. The van der Waals surface area contributed by atoms with Gasteiger partial charge in [-0.2, -0.15) is 10.2 Å². The maximum absolute atomic E-state index is 7.84. The number of nitrogens with zero attached hydrogens (tertiary/aromatic N) is 4. The number of rotatable bonds is 5. The SMILES string of the molecule is [2H]c1nnc(-c2[c-]ccc3c2oc2c(-c4ccc(-c5ccc([Si](C)(C)C)cc5)cc4)cccc23)nc1[2H].[Ir].[c-]1ccccc1-c1ccccn1. The van der Waals surface area contributed by atoms with Gasteiger partial charge in [0.2, 0.25) is 0 Å². The smallest absolute Gasteiger partial charge is 0.128 e. The summed E-state index contributed by atoms with van der Waals surface area (Å²) in [6.45, 7) is 7.08. The summed E-state index contributed by atoms with van der Waals surface area (Å²) in [6, 6.07) is 47.3. The molecule has 5 nitrogen and oxygen atoms in total. The second-order valence-corrected chi connectivity index (χ2v) is 17.2. The Kier molecular flexibility index (Phi) is 9.06. The molecule has 0 aliphatic rings. The fraction of sp³-hybridized carbons (Fsp3) is 0.0732. The molecule has 1 radical (unpaired) electrons. The largest absolute Gasteiger partial charge is 0.500 e. The van der Waals surface area contributed by atoms with E-state index >= 15 is 0 Å². The standard InChI is InChI=1S/C30H24N3OSi.C11H8N.Ir/c1-35(2,3)23-16-14-21(15-17-23)20-10-12-22(13-11-20)24-6-4-7-25-26-8-5-9-27(29(26)34-28(24)25)30-31-18-19-32-33-30;1-2-6-10(7-3-1)11-8-4-5-9-12-11;/h4-8,10-19H,1-3H3;1-6,8-9H;/q2*-1;/i18D,19D;;. The predicted octanol–water partition coefficient (Wildman–Crippen LogP) is 9.66. The molecule has 0 aliphatic carbocycles. The molecule has 8 rings (SSSR count). The van der Waals surface area contributed by atoms with Gasteiger partial charge in [0.25, 0.3) is 0 Å².